The molecule has 2 aliphatic rings. The summed E-state index contributed by atoms with van der Waals surface area (Å²) in [6, 6.07) is 2.17. The molecule has 6 nitrogen and oxygen atoms in total. The van der Waals surface area contributed by atoms with Crippen LogP contribution in [0.2, 0.25) is 0 Å². The van der Waals surface area contributed by atoms with Crippen LogP contribution in [-0.4, -0.2) is 32.4 Å². The summed E-state index contributed by atoms with van der Waals surface area (Å²) in [6.45, 7) is 4.91. The molecule has 1 saturated heterocycles. The Morgan fingerprint density at radius 3 is 2.78 bits per heavy atom. The quantitative estimate of drug-likeness (QED) is 0.940. The van der Waals surface area contributed by atoms with Gasteiger partial charge in [0.1, 0.15) is 17.7 Å². The molecular weight excluding hydrogens is 290 g/mol. The molecule has 2 fully saturated rings. The number of ether oxygens (including phenoxy) is 1. The summed E-state index contributed by atoms with van der Waals surface area (Å²) in [5.74, 6) is 2.44. The van der Waals surface area contributed by atoms with E-state index in [9.17, 15) is 0 Å². The number of aromatic nitrogens is 4. The van der Waals surface area contributed by atoms with Crippen LogP contribution >= 0.6 is 0 Å². The van der Waals surface area contributed by atoms with Crippen LogP contribution in [0.4, 0.5) is 5.82 Å². The first kappa shape index (κ1) is 14.6. The van der Waals surface area contributed by atoms with Gasteiger partial charge in [-0.3, -0.25) is 4.68 Å². The summed E-state index contributed by atoms with van der Waals surface area (Å²) in [7, 11) is 1.98. The van der Waals surface area contributed by atoms with Crippen LogP contribution in [0.5, 0.6) is 0 Å². The van der Waals surface area contributed by atoms with Crippen LogP contribution in [0.15, 0.2) is 12.3 Å². The molecule has 0 aromatic carbocycles. The molecule has 1 N–H and O–H groups in total. The molecule has 6 heteroatoms. The highest BCUT2D eigenvalue weighted by atomic mass is 16.5. The Kier molecular flexibility index (Phi) is 3.56. The van der Waals surface area contributed by atoms with Crippen molar-refractivity contribution in [2.24, 2.45) is 7.05 Å². The minimum Gasteiger partial charge on any atom is -0.371 e. The third-order valence-corrected chi connectivity index (χ3v) is 4.89. The van der Waals surface area contributed by atoms with Gasteiger partial charge in [0.2, 0.25) is 0 Å². The van der Waals surface area contributed by atoms with Gasteiger partial charge in [-0.15, -0.1) is 0 Å². The monoisotopic (exact) mass is 313 g/mol. The van der Waals surface area contributed by atoms with Gasteiger partial charge in [-0.1, -0.05) is 0 Å². The topological polar surface area (TPSA) is 64.9 Å². The number of aryl methyl sites for hydroxylation is 2. The maximum absolute atomic E-state index is 6.03. The summed E-state index contributed by atoms with van der Waals surface area (Å²) in [6.07, 6.45) is 5.29. The maximum Gasteiger partial charge on any atom is 0.133 e. The van der Waals surface area contributed by atoms with E-state index < -0.39 is 0 Å². The molecule has 1 saturated carbocycles. The molecule has 4 rings (SSSR count). The van der Waals surface area contributed by atoms with Crippen molar-refractivity contribution in [3.05, 3.63) is 35.0 Å². The molecular formula is C17H23N5O. The molecule has 3 heterocycles. The smallest absolute Gasteiger partial charge is 0.133 e. The van der Waals surface area contributed by atoms with Crippen LogP contribution in [0.3, 0.4) is 0 Å². The molecule has 0 unspecified atom stereocenters. The predicted octanol–water partition coefficient (Wildman–Crippen LogP) is 2.65. The Labute approximate surface area is 136 Å². The van der Waals surface area contributed by atoms with Crippen molar-refractivity contribution in [3.63, 3.8) is 0 Å². The van der Waals surface area contributed by atoms with Crippen molar-refractivity contribution < 1.29 is 4.74 Å². The average molecular weight is 313 g/mol. The molecule has 0 radical (unpaired) electrons. The molecule has 0 spiro atoms. The highest BCUT2D eigenvalue weighted by molar-refractivity contribution is 5.38. The number of nitrogens with one attached hydrogen (secondary N) is 1. The number of hydrogen-bond donors (Lipinski definition) is 1. The maximum atomic E-state index is 6.03. The second-order valence-electron chi connectivity index (χ2n) is 6.61. The predicted molar refractivity (Wildman–Crippen MR) is 87.4 cm³/mol. The van der Waals surface area contributed by atoms with Crippen molar-refractivity contribution in [3.8, 4) is 0 Å². The Morgan fingerprint density at radius 1 is 1.26 bits per heavy atom. The van der Waals surface area contributed by atoms with Gasteiger partial charge in [0.05, 0.1) is 11.7 Å². The van der Waals surface area contributed by atoms with Crippen molar-refractivity contribution in [1.82, 2.24) is 19.7 Å². The van der Waals surface area contributed by atoms with Crippen molar-refractivity contribution in [2.75, 3.05) is 11.9 Å². The van der Waals surface area contributed by atoms with Gasteiger partial charge in [0.15, 0.2) is 0 Å². The van der Waals surface area contributed by atoms with E-state index in [1.54, 1.807) is 0 Å². The third-order valence-electron chi connectivity index (χ3n) is 4.89. The van der Waals surface area contributed by atoms with Crippen LogP contribution in [0.25, 0.3) is 0 Å². The lowest BCUT2D eigenvalue weighted by Gasteiger charge is -2.21. The standard InChI is InChI=1S/C17H23N5O/c1-10-15(11(2)22(3)21-10)16-13(7-9-23-16)19-14-6-8-18-17(20-14)12-4-5-12/h6,8,12-13,16H,4-5,7,9H2,1-3H3,(H,18,19,20)/t13-,16-/m0/s1. The van der Waals surface area contributed by atoms with Gasteiger partial charge in [0.25, 0.3) is 0 Å². The second-order valence-corrected chi connectivity index (χ2v) is 6.61. The van der Waals surface area contributed by atoms with Gasteiger partial charge in [-0.25, -0.2) is 9.97 Å². The summed E-state index contributed by atoms with van der Waals surface area (Å²) in [5, 5.41) is 8.09. The lowest BCUT2D eigenvalue weighted by molar-refractivity contribution is 0.106. The number of nitrogens with zero attached hydrogens (tertiary/aromatic N) is 4. The first-order valence-corrected chi connectivity index (χ1v) is 8.34. The molecule has 1 aliphatic heterocycles. The largest absolute Gasteiger partial charge is 0.371 e. The van der Waals surface area contributed by atoms with Crippen LogP contribution in [0, 0.1) is 13.8 Å². The highest BCUT2D eigenvalue weighted by Gasteiger charge is 2.34. The van der Waals surface area contributed by atoms with Crippen molar-refractivity contribution in [1.29, 1.82) is 0 Å². The van der Waals surface area contributed by atoms with Gasteiger partial charge in [-0.2, -0.15) is 5.10 Å². The normalized spacial score (nSPS) is 24.1. The highest BCUT2D eigenvalue weighted by Crippen LogP contribution is 2.38. The van der Waals surface area contributed by atoms with E-state index in [0.29, 0.717) is 5.92 Å². The van der Waals surface area contributed by atoms with E-state index >= 15 is 0 Å². The first-order valence-electron chi connectivity index (χ1n) is 8.34. The molecule has 1 aliphatic carbocycles. The van der Waals surface area contributed by atoms with E-state index in [1.165, 1.54) is 24.1 Å². The summed E-state index contributed by atoms with van der Waals surface area (Å²) >= 11 is 0. The third kappa shape index (κ3) is 2.72. The Balaban J connectivity index is 1.57. The molecule has 2 aromatic heterocycles. The summed E-state index contributed by atoms with van der Waals surface area (Å²) < 4.78 is 7.96. The van der Waals surface area contributed by atoms with E-state index in [-0.39, 0.29) is 12.1 Å². The van der Waals surface area contributed by atoms with Gasteiger partial charge < -0.3 is 10.1 Å². The molecule has 23 heavy (non-hydrogen) atoms. The number of anilines is 1. The fourth-order valence-corrected chi connectivity index (χ4v) is 3.41. The average Bonchev–Trinajstić information content (AvgIpc) is 3.24. The zero-order valence-electron chi connectivity index (χ0n) is 13.9. The molecule has 2 aromatic rings. The molecule has 2 atom stereocenters. The summed E-state index contributed by atoms with van der Waals surface area (Å²) in [5.41, 5.74) is 3.42. The van der Waals surface area contributed by atoms with E-state index in [0.717, 1.165) is 30.4 Å². The molecule has 122 valence electrons. The zero-order chi connectivity index (χ0) is 16.0. The fourth-order valence-electron chi connectivity index (χ4n) is 3.41. The fraction of sp³-hybridized carbons (Fsp3) is 0.588. The van der Waals surface area contributed by atoms with Gasteiger partial charge in [0, 0.05) is 37.0 Å². The van der Waals surface area contributed by atoms with Crippen LogP contribution < -0.4 is 5.32 Å². The number of hydrogen-bond acceptors (Lipinski definition) is 5. The van der Waals surface area contributed by atoms with Gasteiger partial charge in [-0.05, 0) is 39.2 Å². The molecule has 0 bridgehead atoms. The Hall–Kier alpha value is -1.95. The SMILES string of the molecule is Cc1nn(C)c(C)c1[C@H]1OCC[C@@H]1Nc1ccnc(C2CC2)n1. The van der Waals surface area contributed by atoms with Crippen molar-refractivity contribution in [2.45, 2.75) is 51.2 Å². The number of rotatable bonds is 4. The minimum absolute atomic E-state index is 0.0306. The molecule has 0 amide bonds. The Bertz CT molecular complexity index is 722. The van der Waals surface area contributed by atoms with Crippen LogP contribution in [-0.2, 0) is 11.8 Å². The second kappa shape index (κ2) is 5.60. The lowest BCUT2D eigenvalue weighted by Crippen LogP contribution is -2.24. The van der Waals surface area contributed by atoms with E-state index in [1.807, 2.05) is 24.0 Å². The lowest BCUT2D eigenvalue weighted by atomic mass is 10.0. The zero-order valence-corrected chi connectivity index (χ0v) is 13.9. The van der Waals surface area contributed by atoms with Crippen LogP contribution in [0.1, 0.15) is 54.1 Å². The van der Waals surface area contributed by atoms with E-state index in [2.05, 4.69) is 34.2 Å². The minimum atomic E-state index is 0.0306. The first-order chi connectivity index (χ1) is 11.1. The summed E-state index contributed by atoms with van der Waals surface area (Å²) in [4.78, 5) is 9.07. The Morgan fingerprint density at radius 2 is 2.09 bits per heavy atom. The van der Waals surface area contributed by atoms with Gasteiger partial charge >= 0.3 is 0 Å². The van der Waals surface area contributed by atoms with E-state index in [4.69, 9.17) is 4.74 Å². The van der Waals surface area contributed by atoms with Crippen molar-refractivity contribution >= 4 is 5.82 Å².